The first kappa shape index (κ1) is 20.6. The van der Waals surface area contributed by atoms with Crippen LogP contribution in [0, 0.1) is 0 Å². The predicted octanol–water partition coefficient (Wildman–Crippen LogP) is 5.54. The van der Waals surface area contributed by atoms with Crippen LogP contribution in [0.1, 0.15) is 40.6 Å². The van der Waals surface area contributed by atoms with Gasteiger partial charge in [-0.1, -0.05) is 21.1 Å². The number of alkyl halides is 3. The molecular weight excluding hydrogens is 463 g/mol. The summed E-state index contributed by atoms with van der Waals surface area (Å²) in [4.78, 5) is 18.9. The Hall–Kier alpha value is -2.68. The molecule has 156 valence electrons. The van der Waals surface area contributed by atoms with Gasteiger partial charge in [0, 0.05) is 28.7 Å². The summed E-state index contributed by atoms with van der Waals surface area (Å²) in [6, 6.07) is 11.8. The van der Waals surface area contributed by atoms with Crippen LogP contribution >= 0.6 is 15.9 Å². The van der Waals surface area contributed by atoms with Gasteiger partial charge < -0.3 is 9.42 Å². The number of hydrogen-bond donors (Lipinski definition) is 0. The van der Waals surface area contributed by atoms with Gasteiger partial charge >= 0.3 is 6.18 Å². The third kappa shape index (κ3) is 4.40. The van der Waals surface area contributed by atoms with Crippen molar-refractivity contribution < 1.29 is 22.5 Å². The number of nitrogens with zero attached hydrogens (tertiary/aromatic N) is 3. The molecule has 1 atom stereocenters. The number of likely N-dealkylation sites (tertiary alicyclic amines) is 1. The maximum atomic E-state index is 12.8. The summed E-state index contributed by atoms with van der Waals surface area (Å²) >= 11 is 3.38. The molecule has 3 aromatic rings. The SMILES string of the molecule is O=C(c1ccc(C(F)(F)F)cc1)N1CCC[C@@H](c2nc(-c3ccc(Br)cc3)no2)C1. The number of hydrogen-bond acceptors (Lipinski definition) is 4. The van der Waals surface area contributed by atoms with Crippen LogP contribution < -0.4 is 0 Å². The van der Waals surface area contributed by atoms with Gasteiger partial charge in [-0.25, -0.2) is 0 Å². The minimum atomic E-state index is -4.43. The van der Waals surface area contributed by atoms with Crippen LogP contribution in [0.5, 0.6) is 0 Å². The summed E-state index contributed by atoms with van der Waals surface area (Å²) in [6.45, 7) is 0.909. The second kappa shape index (κ2) is 8.22. The number of carbonyl (C=O) groups excluding carboxylic acids is 1. The topological polar surface area (TPSA) is 59.2 Å². The standard InChI is InChI=1S/C21H17BrF3N3O2/c22-17-9-5-13(6-10-17)18-26-19(30-27-18)15-2-1-11-28(12-15)20(29)14-3-7-16(8-4-14)21(23,24)25/h3-10,15H,1-2,11-12H2/t15-/m1/s1. The first-order chi connectivity index (χ1) is 14.3. The van der Waals surface area contributed by atoms with E-state index in [0.717, 1.165) is 35.0 Å². The van der Waals surface area contributed by atoms with Crippen LogP contribution in [0.25, 0.3) is 11.4 Å². The monoisotopic (exact) mass is 479 g/mol. The van der Waals surface area contributed by atoms with E-state index in [2.05, 4.69) is 26.1 Å². The zero-order chi connectivity index (χ0) is 21.3. The molecule has 9 heteroatoms. The molecule has 1 aliphatic rings. The van der Waals surface area contributed by atoms with Crippen LogP contribution in [-0.4, -0.2) is 34.0 Å². The van der Waals surface area contributed by atoms with Gasteiger partial charge in [0.1, 0.15) is 0 Å². The summed E-state index contributed by atoms with van der Waals surface area (Å²) in [5, 5.41) is 4.04. The van der Waals surface area contributed by atoms with E-state index < -0.39 is 11.7 Å². The highest BCUT2D eigenvalue weighted by molar-refractivity contribution is 9.10. The Morgan fingerprint density at radius 2 is 1.80 bits per heavy atom. The van der Waals surface area contributed by atoms with Gasteiger partial charge in [-0.3, -0.25) is 4.79 Å². The molecule has 1 aliphatic heterocycles. The van der Waals surface area contributed by atoms with Crippen molar-refractivity contribution in [1.29, 1.82) is 0 Å². The van der Waals surface area contributed by atoms with E-state index in [1.165, 1.54) is 12.1 Å². The lowest BCUT2D eigenvalue weighted by atomic mass is 9.97. The van der Waals surface area contributed by atoms with Crippen LogP contribution in [0.4, 0.5) is 13.2 Å². The third-order valence-corrected chi connectivity index (χ3v) is 5.59. The largest absolute Gasteiger partial charge is 0.416 e. The lowest BCUT2D eigenvalue weighted by Gasteiger charge is -2.31. The zero-order valence-corrected chi connectivity index (χ0v) is 17.3. The first-order valence-corrected chi connectivity index (χ1v) is 10.2. The van der Waals surface area contributed by atoms with Crippen molar-refractivity contribution in [3.63, 3.8) is 0 Å². The molecule has 0 saturated carbocycles. The minimum absolute atomic E-state index is 0.117. The fourth-order valence-corrected chi connectivity index (χ4v) is 3.73. The minimum Gasteiger partial charge on any atom is -0.339 e. The Balaban J connectivity index is 1.47. The Kier molecular flexibility index (Phi) is 5.64. The summed E-state index contributed by atoms with van der Waals surface area (Å²) < 4.78 is 44.6. The van der Waals surface area contributed by atoms with E-state index >= 15 is 0 Å². The molecule has 0 spiro atoms. The predicted molar refractivity (Wildman–Crippen MR) is 107 cm³/mol. The molecule has 1 saturated heterocycles. The van der Waals surface area contributed by atoms with Crippen molar-refractivity contribution >= 4 is 21.8 Å². The van der Waals surface area contributed by atoms with Gasteiger partial charge in [0.25, 0.3) is 5.91 Å². The lowest BCUT2D eigenvalue weighted by Crippen LogP contribution is -2.39. The van der Waals surface area contributed by atoms with Gasteiger partial charge in [0.2, 0.25) is 11.7 Å². The molecule has 0 N–H and O–H groups in total. The average Bonchev–Trinajstić information content (AvgIpc) is 3.24. The maximum Gasteiger partial charge on any atom is 0.416 e. The summed E-state index contributed by atoms with van der Waals surface area (Å²) in [6.07, 6.45) is -2.89. The number of halogens is 4. The van der Waals surface area contributed by atoms with Gasteiger partial charge in [-0.2, -0.15) is 18.2 Å². The summed E-state index contributed by atoms with van der Waals surface area (Å²) in [5.74, 6) is 0.511. The van der Waals surface area contributed by atoms with Crippen LogP contribution in [0.3, 0.4) is 0 Å². The highest BCUT2D eigenvalue weighted by Gasteiger charge is 2.32. The molecule has 4 rings (SSSR count). The molecule has 1 aromatic heterocycles. The van der Waals surface area contributed by atoms with E-state index in [1.54, 1.807) is 4.90 Å². The van der Waals surface area contributed by atoms with Crippen molar-refractivity contribution in [1.82, 2.24) is 15.0 Å². The van der Waals surface area contributed by atoms with Crippen molar-refractivity contribution in [3.05, 3.63) is 70.0 Å². The van der Waals surface area contributed by atoms with E-state index in [4.69, 9.17) is 4.52 Å². The fraction of sp³-hybridized carbons (Fsp3) is 0.286. The second-order valence-corrected chi connectivity index (χ2v) is 8.04. The normalized spacial score (nSPS) is 17.2. The Labute approximate surface area is 179 Å². The van der Waals surface area contributed by atoms with Gasteiger partial charge in [-0.05, 0) is 61.4 Å². The van der Waals surface area contributed by atoms with Crippen molar-refractivity contribution in [2.75, 3.05) is 13.1 Å². The van der Waals surface area contributed by atoms with Crippen LogP contribution in [0.15, 0.2) is 57.5 Å². The smallest absolute Gasteiger partial charge is 0.339 e. The highest BCUT2D eigenvalue weighted by atomic mass is 79.9. The highest BCUT2D eigenvalue weighted by Crippen LogP contribution is 2.31. The molecule has 0 aliphatic carbocycles. The average molecular weight is 480 g/mol. The van der Waals surface area contributed by atoms with E-state index in [0.29, 0.717) is 24.8 Å². The van der Waals surface area contributed by atoms with Gasteiger partial charge in [-0.15, -0.1) is 0 Å². The van der Waals surface area contributed by atoms with Crippen LogP contribution in [-0.2, 0) is 6.18 Å². The zero-order valence-electron chi connectivity index (χ0n) is 15.7. The van der Waals surface area contributed by atoms with E-state index in [-0.39, 0.29) is 17.4 Å². The third-order valence-electron chi connectivity index (χ3n) is 5.06. The number of carbonyl (C=O) groups is 1. The quantitative estimate of drug-likeness (QED) is 0.494. The molecule has 0 unspecified atom stereocenters. The molecule has 0 bridgehead atoms. The van der Waals surface area contributed by atoms with Crippen molar-refractivity contribution in [2.45, 2.75) is 24.9 Å². The molecule has 5 nitrogen and oxygen atoms in total. The Morgan fingerprint density at radius 1 is 1.10 bits per heavy atom. The molecule has 2 heterocycles. The van der Waals surface area contributed by atoms with Crippen LogP contribution in [0.2, 0.25) is 0 Å². The van der Waals surface area contributed by atoms with Gasteiger partial charge in [0.15, 0.2) is 0 Å². The molecule has 2 aromatic carbocycles. The Bertz CT molecular complexity index is 1030. The molecule has 0 radical (unpaired) electrons. The fourth-order valence-electron chi connectivity index (χ4n) is 3.46. The number of piperidine rings is 1. The summed E-state index contributed by atoms with van der Waals surface area (Å²) in [7, 11) is 0. The Morgan fingerprint density at radius 3 is 2.47 bits per heavy atom. The van der Waals surface area contributed by atoms with E-state index in [1.807, 2.05) is 24.3 Å². The molecular formula is C21H17BrF3N3O2. The number of benzene rings is 2. The molecule has 30 heavy (non-hydrogen) atoms. The first-order valence-electron chi connectivity index (χ1n) is 9.37. The van der Waals surface area contributed by atoms with Crippen molar-refractivity contribution in [3.8, 4) is 11.4 Å². The van der Waals surface area contributed by atoms with Gasteiger partial charge in [0.05, 0.1) is 11.5 Å². The lowest BCUT2D eigenvalue weighted by molar-refractivity contribution is -0.137. The van der Waals surface area contributed by atoms with E-state index in [9.17, 15) is 18.0 Å². The molecule has 1 fully saturated rings. The maximum absolute atomic E-state index is 12.8. The molecule has 1 amide bonds. The number of amides is 1. The van der Waals surface area contributed by atoms with Crippen molar-refractivity contribution in [2.24, 2.45) is 0 Å². The summed E-state index contributed by atoms with van der Waals surface area (Å²) in [5.41, 5.74) is 0.272. The number of rotatable bonds is 3. The second-order valence-electron chi connectivity index (χ2n) is 7.13. The number of aromatic nitrogens is 2.